The lowest BCUT2D eigenvalue weighted by Gasteiger charge is -2.23. The molecule has 0 atom stereocenters. The van der Waals surface area contributed by atoms with Crippen LogP contribution in [0.5, 0.6) is 0 Å². The lowest BCUT2D eigenvalue weighted by molar-refractivity contribution is -0.123. The maximum atomic E-state index is 12.2. The van der Waals surface area contributed by atoms with Crippen molar-refractivity contribution in [2.45, 2.75) is 38.1 Å². The molecule has 144 valence electrons. The normalized spacial score (nSPS) is 14.4. The van der Waals surface area contributed by atoms with Crippen molar-refractivity contribution in [3.05, 3.63) is 69.7 Å². The molecule has 27 heavy (non-hydrogen) atoms. The molecule has 0 saturated heterocycles. The number of benzene rings is 2. The average Bonchev–Trinajstić information content (AvgIpc) is 3.46. The van der Waals surface area contributed by atoms with E-state index in [1.54, 1.807) is 24.3 Å². The average molecular weight is 441 g/mol. The summed E-state index contributed by atoms with van der Waals surface area (Å²) >= 11 is 3.58. The maximum absolute atomic E-state index is 12.2. The Morgan fingerprint density at radius 1 is 1.07 bits per heavy atom. The van der Waals surface area contributed by atoms with E-state index in [0.717, 1.165) is 23.1 Å². The summed E-state index contributed by atoms with van der Waals surface area (Å²) < 4.78 is 37.7. The first-order chi connectivity index (χ1) is 12.8. The second kappa shape index (κ2) is 8.44. The molecule has 2 aromatic carbocycles. The number of nitrogens with zero attached hydrogens (tertiary/aromatic N) is 1. The number of carbonyl (C=O) groups excluding carboxylic acids is 1. The molecule has 1 amide bonds. The molecule has 3 nitrogen and oxygen atoms in total. The van der Waals surface area contributed by atoms with E-state index in [9.17, 15) is 18.0 Å². The summed E-state index contributed by atoms with van der Waals surface area (Å²) in [7, 11) is 0. The van der Waals surface area contributed by atoms with Gasteiger partial charge in [-0.2, -0.15) is 13.2 Å². The van der Waals surface area contributed by atoms with Crippen molar-refractivity contribution in [2.24, 2.45) is 0 Å². The van der Waals surface area contributed by atoms with Gasteiger partial charge in [0, 0.05) is 29.2 Å². The maximum Gasteiger partial charge on any atom is 0.405 e. The van der Waals surface area contributed by atoms with Crippen LogP contribution < -0.4 is 5.32 Å². The van der Waals surface area contributed by atoms with Crippen molar-refractivity contribution in [3.8, 4) is 0 Å². The predicted molar refractivity (Wildman–Crippen MR) is 101 cm³/mol. The van der Waals surface area contributed by atoms with Gasteiger partial charge in [0.1, 0.15) is 6.54 Å². The highest BCUT2D eigenvalue weighted by Gasteiger charge is 2.30. The van der Waals surface area contributed by atoms with E-state index in [1.165, 1.54) is 18.4 Å². The largest absolute Gasteiger partial charge is 0.405 e. The number of rotatable bonds is 7. The summed E-state index contributed by atoms with van der Waals surface area (Å²) in [6.45, 7) is 0.228. The molecule has 0 spiro atoms. The van der Waals surface area contributed by atoms with Crippen LogP contribution in [0.25, 0.3) is 0 Å². The van der Waals surface area contributed by atoms with Gasteiger partial charge in [0.15, 0.2) is 0 Å². The van der Waals surface area contributed by atoms with Crippen LogP contribution in [-0.2, 0) is 13.1 Å². The molecule has 0 heterocycles. The third-order valence-corrected chi connectivity index (χ3v) is 5.22. The molecular weight excluding hydrogens is 421 g/mol. The van der Waals surface area contributed by atoms with Crippen LogP contribution in [0.2, 0.25) is 0 Å². The Morgan fingerprint density at radius 3 is 2.33 bits per heavy atom. The minimum absolute atomic E-state index is 0.228. The lowest BCUT2D eigenvalue weighted by atomic mass is 10.1. The first-order valence-corrected chi connectivity index (χ1v) is 9.52. The summed E-state index contributed by atoms with van der Waals surface area (Å²) in [5.74, 6) is -0.717. The molecular formula is C20H20BrF3N2O. The van der Waals surface area contributed by atoms with Gasteiger partial charge < -0.3 is 5.32 Å². The summed E-state index contributed by atoms with van der Waals surface area (Å²) in [4.78, 5) is 14.2. The highest BCUT2D eigenvalue weighted by molar-refractivity contribution is 9.10. The van der Waals surface area contributed by atoms with Gasteiger partial charge in [0.05, 0.1) is 0 Å². The fourth-order valence-corrected chi connectivity index (χ4v) is 3.29. The van der Waals surface area contributed by atoms with Gasteiger partial charge in [-0.3, -0.25) is 9.69 Å². The number of halogens is 4. The van der Waals surface area contributed by atoms with Crippen molar-refractivity contribution >= 4 is 21.8 Å². The van der Waals surface area contributed by atoms with Crippen LogP contribution in [0.15, 0.2) is 53.0 Å². The van der Waals surface area contributed by atoms with E-state index >= 15 is 0 Å². The van der Waals surface area contributed by atoms with E-state index in [2.05, 4.69) is 26.9 Å². The molecule has 7 heteroatoms. The number of nitrogens with one attached hydrogen (secondary N) is 1. The van der Waals surface area contributed by atoms with Crippen molar-refractivity contribution in [2.75, 3.05) is 6.54 Å². The molecule has 0 unspecified atom stereocenters. The number of amides is 1. The van der Waals surface area contributed by atoms with Crippen molar-refractivity contribution in [3.63, 3.8) is 0 Å². The highest BCUT2D eigenvalue weighted by Crippen LogP contribution is 2.31. The summed E-state index contributed by atoms with van der Waals surface area (Å²) in [5, 5.41) is 1.89. The van der Waals surface area contributed by atoms with Crippen LogP contribution in [0.3, 0.4) is 0 Å². The minimum Gasteiger partial charge on any atom is -0.343 e. The monoisotopic (exact) mass is 440 g/mol. The molecule has 0 aromatic heterocycles. The van der Waals surface area contributed by atoms with Gasteiger partial charge in [-0.25, -0.2) is 0 Å². The number of carbonyl (C=O) groups is 1. The summed E-state index contributed by atoms with van der Waals surface area (Å²) in [6, 6.07) is 15.4. The van der Waals surface area contributed by atoms with Crippen molar-refractivity contribution in [1.29, 1.82) is 0 Å². The molecule has 1 N–H and O–H groups in total. The van der Waals surface area contributed by atoms with Gasteiger partial charge in [0.25, 0.3) is 5.91 Å². The Balaban J connectivity index is 1.62. The second-order valence-corrected chi connectivity index (χ2v) is 7.58. The molecule has 1 saturated carbocycles. The Morgan fingerprint density at radius 2 is 1.74 bits per heavy atom. The third kappa shape index (κ3) is 6.07. The van der Waals surface area contributed by atoms with E-state index < -0.39 is 18.6 Å². The highest BCUT2D eigenvalue weighted by atomic mass is 79.9. The third-order valence-electron chi connectivity index (χ3n) is 4.45. The Hall–Kier alpha value is -1.86. The minimum atomic E-state index is -4.41. The molecule has 0 aliphatic heterocycles. The van der Waals surface area contributed by atoms with E-state index in [1.807, 2.05) is 23.5 Å². The van der Waals surface area contributed by atoms with Crippen LogP contribution in [0.1, 0.15) is 34.3 Å². The van der Waals surface area contributed by atoms with Gasteiger partial charge in [0.2, 0.25) is 0 Å². The standard InChI is InChI=1S/C20H20BrF3N2O/c21-18-4-2-1-3-16(18)12-26(17-9-10-17)11-14-5-7-15(8-6-14)19(27)25-13-20(22,23)24/h1-8,17H,9-13H2,(H,25,27). The molecule has 3 rings (SSSR count). The topological polar surface area (TPSA) is 32.3 Å². The number of hydrogen-bond acceptors (Lipinski definition) is 2. The Bertz CT molecular complexity index is 789. The molecule has 1 aliphatic carbocycles. The van der Waals surface area contributed by atoms with Gasteiger partial charge in [-0.05, 0) is 42.2 Å². The summed E-state index contributed by atoms with van der Waals surface area (Å²) in [5.41, 5.74) is 2.47. The second-order valence-electron chi connectivity index (χ2n) is 6.72. The molecule has 0 bridgehead atoms. The van der Waals surface area contributed by atoms with Crippen LogP contribution in [0, 0.1) is 0 Å². The molecule has 1 aliphatic rings. The zero-order valence-electron chi connectivity index (χ0n) is 14.6. The fourth-order valence-electron chi connectivity index (χ4n) is 2.88. The van der Waals surface area contributed by atoms with Crippen LogP contribution >= 0.6 is 15.9 Å². The molecule has 2 aromatic rings. The SMILES string of the molecule is O=C(NCC(F)(F)F)c1ccc(CN(Cc2ccccc2Br)C2CC2)cc1. The van der Waals surface area contributed by atoms with E-state index in [-0.39, 0.29) is 5.56 Å². The first kappa shape index (κ1) is 19.9. The fraction of sp³-hybridized carbons (Fsp3) is 0.350. The van der Waals surface area contributed by atoms with Crippen LogP contribution in [-0.4, -0.2) is 29.6 Å². The van der Waals surface area contributed by atoms with E-state index in [4.69, 9.17) is 0 Å². The quantitative estimate of drug-likeness (QED) is 0.663. The number of hydrogen-bond donors (Lipinski definition) is 1. The van der Waals surface area contributed by atoms with Gasteiger partial charge in [-0.1, -0.05) is 46.3 Å². The molecule has 1 fully saturated rings. The van der Waals surface area contributed by atoms with Crippen molar-refractivity contribution in [1.82, 2.24) is 10.2 Å². The summed E-state index contributed by atoms with van der Waals surface area (Å²) in [6.07, 6.45) is -2.07. The van der Waals surface area contributed by atoms with Gasteiger partial charge in [-0.15, -0.1) is 0 Å². The predicted octanol–water partition coefficient (Wildman–Crippen LogP) is 4.91. The van der Waals surface area contributed by atoms with Crippen LogP contribution in [0.4, 0.5) is 13.2 Å². The zero-order valence-corrected chi connectivity index (χ0v) is 16.2. The smallest absolute Gasteiger partial charge is 0.343 e. The van der Waals surface area contributed by atoms with E-state index in [0.29, 0.717) is 6.04 Å². The molecule has 0 radical (unpaired) electrons. The lowest BCUT2D eigenvalue weighted by Crippen LogP contribution is -2.33. The Labute approximate surface area is 164 Å². The van der Waals surface area contributed by atoms with Crippen molar-refractivity contribution < 1.29 is 18.0 Å². The van der Waals surface area contributed by atoms with Gasteiger partial charge >= 0.3 is 6.18 Å². The number of alkyl halides is 3. The zero-order chi connectivity index (χ0) is 19.4. The Kier molecular flexibility index (Phi) is 6.22. The first-order valence-electron chi connectivity index (χ1n) is 8.73.